The zero-order valence-corrected chi connectivity index (χ0v) is 20.5. The van der Waals surface area contributed by atoms with E-state index in [1.54, 1.807) is 0 Å². The number of nitrogens with two attached hydrogens (primary N) is 2. The van der Waals surface area contributed by atoms with Gasteiger partial charge in [-0.05, 0) is 33.6 Å². The summed E-state index contributed by atoms with van der Waals surface area (Å²) in [5.74, 6) is -1.04. The third kappa shape index (κ3) is 12.7. The molecule has 0 spiro atoms. The van der Waals surface area contributed by atoms with E-state index in [0.29, 0.717) is 13.1 Å². The van der Waals surface area contributed by atoms with Gasteiger partial charge in [0.25, 0.3) is 5.91 Å². The van der Waals surface area contributed by atoms with E-state index in [0.717, 1.165) is 51.4 Å². The molecule has 0 aromatic carbocycles. The van der Waals surface area contributed by atoms with Gasteiger partial charge in [0.1, 0.15) is 5.60 Å². The van der Waals surface area contributed by atoms with Gasteiger partial charge in [0, 0.05) is 13.1 Å². The summed E-state index contributed by atoms with van der Waals surface area (Å²) in [7, 11) is 0. The van der Waals surface area contributed by atoms with Crippen LogP contribution >= 0.6 is 11.6 Å². The lowest BCUT2D eigenvalue weighted by molar-refractivity contribution is 0.0526. The van der Waals surface area contributed by atoms with Gasteiger partial charge in [-0.1, -0.05) is 50.1 Å². The van der Waals surface area contributed by atoms with Crippen molar-refractivity contribution in [3.8, 4) is 0 Å². The predicted molar refractivity (Wildman–Crippen MR) is 130 cm³/mol. The van der Waals surface area contributed by atoms with E-state index in [9.17, 15) is 9.59 Å². The first-order chi connectivity index (χ1) is 15.5. The number of ether oxygens (including phenoxy) is 1. The van der Waals surface area contributed by atoms with Crippen molar-refractivity contribution in [1.82, 2.24) is 25.9 Å². The van der Waals surface area contributed by atoms with Gasteiger partial charge in [-0.2, -0.15) is 0 Å². The van der Waals surface area contributed by atoms with Crippen LogP contribution in [-0.2, 0) is 4.74 Å². The highest BCUT2D eigenvalue weighted by atomic mass is 35.5. The van der Waals surface area contributed by atoms with Crippen LogP contribution in [0.25, 0.3) is 0 Å². The highest BCUT2D eigenvalue weighted by molar-refractivity contribution is 6.31. The molecule has 0 bridgehead atoms. The second kappa shape index (κ2) is 14.4. The van der Waals surface area contributed by atoms with Crippen molar-refractivity contribution < 1.29 is 14.3 Å². The molecule has 0 aliphatic heterocycles. The normalized spacial score (nSPS) is 11.0. The molecular weight excluding hydrogens is 448 g/mol. The zero-order valence-electron chi connectivity index (χ0n) is 19.7. The van der Waals surface area contributed by atoms with E-state index >= 15 is 0 Å². The van der Waals surface area contributed by atoms with Crippen molar-refractivity contribution in [2.75, 3.05) is 24.6 Å². The molecule has 8 N–H and O–H groups in total. The van der Waals surface area contributed by atoms with Crippen molar-refractivity contribution in [2.45, 2.75) is 77.7 Å². The molecule has 1 aromatic rings. The maximum absolute atomic E-state index is 12.1. The van der Waals surface area contributed by atoms with Crippen LogP contribution in [0.4, 0.5) is 16.4 Å². The smallest absolute Gasteiger partial charge is 0.407 e. The standard InChI is InChI=1S/C21H37ClN8O3/c1-21(2,3)33-20(32)27-13-11-9-7-5-4-6-8-10-12-26-19(25)30-18(31)14-16(23)29-17(24)15(22)28-14/h4-13H2,1-3H3,(H,27,32)(H4,23,24,29)(H3,25,26,30,31). The largest absolute Gasteiger partial charge is 0.444 e. The molecule has 12 heteroatoms. The highest BCUT2D eigenvalue weighted by Gasteiger charge is 2.17. The minimum absolute atomic E-state index is 0.0610. The first-order valence-electron chi connectivity index (χ1n) is 11.2. The molecular formula is C21H37ClN8O3. The molecule has 1 rings (SSSR count). The average molecular weight is 485 g/mol. The summed E-state index contributed by atoms with van der Waals surface area (Å²) >= 11 is 5.76. The average Bonchev–Trinajstić information content (AvgIpc) is 2.70. The van der Waals surface area contributed by atoms with Crippen molar-refractivity contribution in [1.29, 1.82) is 5.41 Å². The molecule has 1 heterocycles. The number of rotatable bonds is 12. The zero-order chi connectivity index (χ0) is 24.9. The Kier molecular flexibility index (Phi) is 12.3. The number of alkyl carbamates (subject to hydrolysis) is 1. The molecule has 0 saturated carbocycles. The number of aromatic nitrogens is 2. The monoisotopic (exact) mass is 484 g/mol. The number of hydrogen-bond acceptors (Lipinski definition) is 8. The fourth-order valence-electron chi connectivity index (χ4n) is 2.85. The molecule has 0 aliphatic carbocycles. The Morgan fingerprint density at radius 2 is 1.42 bits per heavy atom. The number of carbonyl (C=O) groups is 2. The molecule has 1 aromatic heterocycles. The van der Waals surface area contributed by atoms with Crippen molar-refractivity contribution in [3.05, 3.63) is 10.8 Å². The summed E-state index contributed by atoms with van der Waals surface area (Å²) in [4.78, 5) is 31.2. The number of amides is 2. The Balaban J connectivity index is 2.01. The quantitative estimate of drug-likeness (QED) is 0.148. The summed E-state index contributed by atoms with van der Waals surface area (Å²) in [5, 5.41) is 15.6. The number of hydrogen-bond donors (Lipinski definition) is 6. The lowest BCUT2D eigenvalue weighted by Crippen LogP contribution is -2.41. The topological polar surface area (TPSA) is 181 Å². The van der Waals surface area contributed by atoms with Gasteiger partial charge in [-0.3, -0.25) is 15.5 Å². The molecule has 33 heavy (non-hydrogen) atoms. The number of carbonyl (C=O) groups excluding carboxylic acids is 2. The van der Waals surface area contributed by atoms with Crippen LogP contribution in [0.2, 0.25) is 5.15 Å². The Labute approximate surface area is 200 Å². The molecule has 0 unspecified atom stereocenters. The third-order valence-electron chi connectivity index (χ3n) is 4.43. The summed E-state index contributed by atoms with van der Waals surface area (Å²) in [6.07, 6.45) is 8.09. The van der Waals surface area contributed by atoms with Crippen LogP contribution in [-0.4, -0.2) is 46.6 Å². The maximum Gasteiger partial charge on any atom is 0.407 e. The van der Waals surface area contributed by atoms with Gasteiger partial charge in [0.2, 0.25) is 0 Å². The van der Waals surface area contributed by atoms with Crippen LogP contribution in [0.15, 0.2) is 0 Å². The first-order valence-corrected chi connectivity index (χ1v) is 11.6. The van der Waals surface area contributed by atoms with Crippen LogP contribution in [0, 0.1) is 5.41 Å². The number of guanidine groups is 1. The molecule has 0 radical (unpaired) electrons. The molecule has 0 saturated heterocycles. The highest BCUT2D eigenvalue weighted by Crippen LogP contribution is 2.17. The third-order valence-corrected chi connectivity index (χ3v) is 4.71. The summed E-state index contributed by atoms with van der Waals surface area (Å²) in [6, 6.07) is 0. The Bertz CT molecular complexity index is 798. The van der Waals surface area contributed by atoms with E-state index in [4.69, 9.17) is 33.2 Å². The predicted octanol–water partition coefficient (Wildman–Crippen LogP) is 3.19. The molecule has 186 valence electrons. The van der Waals surface area contributed by atoms with E-state index < -0.39 is 11.5 Å². The number of unbranched alkanes of at least 4 members (excludes halogenated alkanes) is 7. The van der Waals surface area contributed by atoms with E-state index in [2.05, 4.69) is 25.9 Å². The second-order valence-corrected chi connectivity index (χ2v) is 9.00. The molecule has 0 fully saturated rings. The van der Waals surface area contributed by atoms with Gasteiger partial charge in [0.15, 0.2) is 28.4 Å². The second-order valence-electron chi connectivity index (χ2n) is 8.65. The number of anilines is 2. The van der Waals surface area contributed by atoms with E-state index in [-0.39, 0.29) is 34.5 Å². The minimum atomic E-state index is -0.680. The van der Waals surface area contributed by atoms with Gasteiger partial charge in [-0.15, -0.1) is 0 Å². The molecule has 11 nitrogen and oxygen atoms in total. The SMILES string of the molecule is CC(C)(C)OC(=O)NCCCCCCCCCCNC(=N)NC(=O)c1nc(Cl)c(N)nc1N. The van der Waals surface area contributed by atoms with Crippen LogP contribution in [0.1, 0.15) is 82.6 Å². The van der Waals surface area contributed by atoms with E-state index in [1.165, 1.54) is 0 Å². The summed E-state index contributed by atoms with van der Waals surface area (Å²) in [6.45, 7) is 6.73. The Hall–Kier alpha value is -2.82. The first kappa shape index (κ1) is 28.2. The Morgan fingerprint density at radius 3 is 1.97 bits per heavy atom. The van der Waals surface area contributed by atoms with Gasteiger partial charge in [0.05, 0.1) is 0 Å². The van der Waals surface area contributed by atoms with Crippen LogP contribution in [0.3, 0.4) is 0 Å². The van der Waals surface area contributed by atoms with E-state index in [1.807, 2.05) is 20.8 Å². The van der Waals surface area contributed by atoms with Crippen LogP contribution in [0.5, 0.6) is 0 Å². The summed E-state index contributed by atoms with van der Waals surface area (Å²) in [5.41, 5.74) is 10.5. The van der Waals surface area contributed by atoms with Crippen molar-refractivity contribution >= 4 is 41.2 Å². The lowest BCUT2D eigenvalue weighted by Gasteiger charge is -2.19. The van der Waals surface area contributed by atoms with Crippen molar-refractivity contribution in [3.63, 3.8) is 0 Å². The van der Waals surface area contributed by atoms with Gasteiger partial charge < -0.3 is 26.8 Å². The number of halogens is 1. The fraction of sp³-hybridized carbons (Fsp3) is 0.667. The van der Waals surface area contributed by atoms with Gasteiger partial charge >= 0.3 is 6.09 Å². The maximum atomic E-state index is 12.1. The summed E-state index contributed by atoms with van der Waals surface area (Å²) < 4.78 is 5.19. The van der Waals surface area contributed by atoms with Crippen molar-refractivity contribution in [2.24, 2.45) is 0 Å². The number of nitrogens with zero attached hydrogens (tertiary/aromatic N) is 2. The number of nitrogens with one attached hydrogen (secondary N) is 4. The Morgan fingerprint density at radius 1 is 0.909 bits per heavy atom. The number of nitrogen functional groups attached to an aromatic ring is 2. The molecule has 2 amide bonds. The molecule has 0 aliphatic rings. The molecule has 0 atom stereocenters. The lowest BCUT2D eigenvalue weighted by atomic mass is 10.1. The fourth-order valence-corrected chi connectivity index (χ4v) is 2.98. The van der Waals surface area contributed by atoms with Crippen LogP contribution < -0.4 is 27.4 Å². The minimum Gasteiger partial charge on any atom is -0.444 e. The van der Waals surface area contributed by atoms with Gasteiger partial charge in [-0.25, -0.2) is 14.8 Å².